The molecule has 1 atom stereocenters. The Bertz CT molecular complexity index is 526. The smallest absolute Gasteiger partial charge is 0.285 e. The topological polar surface area (TPSA) is 72.2 Å². The van der Waals surface area contributed by atoms with E-state index in [4.69, 9.17) is 11.6 Å². The van der Waals surface area contributed by atoms with E-state index in [0.29, 0.717) is 30.9 Å². The van der Waals surface area contributed by atoms with Crippen molar-refractivity contribution in [2.24, 2.45) is 0 Å². The normalized spacial score (nSPS) is 12.0. The number of rotatable bonds is 6. The number of nitro benzene ring substituents is 1. The standard InChI is InChI=1S/C12H13ClF2N2O3/c1-7(3-2-4-13)16-12(18)8-5-9(14)10(15)6-11(8)17(19)20/h5-7H,2-4H2,1H3,(H,16,18). The van der Waals surface area contributed by atoms with Crippen LogP contribution in [0, 0.1) is 21.7 Å². The lowest BCUT2D eigenvalue weighted by Gasteiger charge is -2.13. The van der Waals surface area contributed by atoms with Gasteiger partial charge in [0.1, 0.15) is 5.56 Å². The lowest BCUT2D eigenvalue weighted by atomic mass is 10.1. The average molecular weight is 307 g/mol. The van der Waals surface area contributed by atoms with Gasteiger partial charge in [-0.25, -0.2) is 8.78 Å². The van der Waals surface area contributed by atoms with Gasteiger partial charge in [0.15, 0.2) is 11.6 Å². The lowest BCUT2D eigenvalue weighted by Crippen LogP contribution is -2.33. The number of hydrogen-bond acceptors (Lipinski definition) is 3. The first-order valence-electron chi connectivity index (χ1n) is 5.87. The van der Waals surface area contributed by atoms with Crippen LogP contribution in [0.5, 0.6) is 0 Å². The van der Waals surface area contributed by atoms with Crippen molar-refractivity contribution < 1.29 is 18.5 Å². The van der Waals surface area contributed by atoms with E-state index in [1.54, 1.807) is 6.92 Å². The second-order valence-electron chi connectivity index (χ2n) is 4.25. The van der Waals surface area contributed by atoms with Crippen molar-refractivity contribution in [3.63, 3.8) is 0 Å². The molecule has 0 aliphatic heterocycles. The van der Waals surface area contributed by atoms with Crippen molar-refractivity contribution in [3.05, 3.63) is 39.4 Å². The molecule has 0 saturated heterocycles. The maximum absolute atomic E-state index is 13.1. The highest BCUT2D eigenvalue weighted by molar-refractivity contribution is 6.17. The molecule has 0 aromatic heterocycles. The van der Waals surface area contributed by atoms with E-state index in [1.165, 1.54) is 0 Å². The van der Waals surface area contributed by atoms with E-state index in [2.05, 4.69) is 5.32 Å². The molecule has 0 aliphatic carbocycles. The molecule has 0 spiro atoms. The Hall–Kier alpha value is -1.76. The van der Waals surface area contributed by atoms with Crippen LogP contribution in [0.2, 0.25) is 0 Å². The molecule has 0 fully saturated rings. The zero-order valence-electron chi connectivity index (χ0n) is 10.7. The third kappa shape index (κ3) is 4.12. The van der Waals surface area contributed by atoms with Crippen LogP contribution in [0.25, 0.3) is 0 Å². The average Bonchev–Trinajstić information content (AvgIpc) is 2.38. The molecule has 0 aliphatic rings. The van der Waals surface area contributed by atoms with Crippen LogP contribution < -0.4 is 5.32 Å². The highest BCUT2D eigenvalue weighted by Crippen LogP contribution is 2.22. The number of nitrogens with one attached hydrogen (secondary N) is 1. The summed E-state index contributed by atoms with van der Waals surface area (Å²) in [5.74, 6) is -3.08. The zero-order chi connectivity index (χ0) is 15.3. The zero-order valence-corrected chi connectivity index (χ0v) is 11.4. The minimum absolute atomic E-state index is 0.283. The molecule has 1 rings (SSSR count). The van der Waals surface area contributed by atoms with Gasteiger partial charge in [0.25, 0.3) is 11.6 Å². The second kappa shape index (κ2) is 7.14. The van der Waals surface area contributed by atoms with Gasteiger partial charge in [0, 0.05) is 11.9 Å². The highest BCUT2D eigenvalue weighted by atomic mass is 35.5. The van der Waals surface area contributed by atoms with Crippen molar-refractivity contribution in [2.75, 3.05) is 5.88 Å². The van der Waals surface area contributed by atoms with Crippen LogP contribution in [-0.2, 0) is 0 Å². The van der Waals surface area contributed by atoms with E-state index in [1.807, 2.05) is 0 Å². The molecule has 110 valence electrons. The third-order valence-electron chi connectivity index (χ3n) is 2.63. The van der Waals surface area contributed by atoms with Gasteiger partial charge in [-0.1, -0.05) is 0 Å². The van der Waals surface area contributed by atoms with E-state index in [0.717, 1.165) is 0 Å². The fourth-order valence-corrected chi connectivity index (χ4v) is 1.78. The molecule has 1 unspecified atom stereocenters. The second-order valence-corrected chi connectivity index (χ2v) is 4.62. The van der Waals surface area contributed by atoms with Crippen LogP contribution in [-0.4, -0.2) is 22.8 Å². The summed E-state index contributed by atoms with van der Waals surface area (Å²) in [4.78, 5) is 21.7. The van der Waals surface area contributed by atoms with Crippen molar-refractivity contribution in [1.82, 2.24) is 5.32 Å². The molecule has 0 bridgehead atoms. The Morgan fingerprint density at radius 2 is 2.05 bits per heavy atom. The molecule has 0 heterocycles. The first-order chi connectivity index (χ1) is 9.36. The van der Waals surface area contributed by atoms with Crippen molar-refractivity contribution >= 4 is 23.2 Å². The van der Waals surface area contributed by atoms with E-state index in [9.17, 15) is 23.7 Å². The summed E-state index contributed by atoms with van der Waals surface area (Å²) in [6.07, 6.45) is 1.23. The summed E-state index contributed by atoms with van der Waals surface area (Å²) < 4.78 is 26.1. The van der Waals surface area contributed by atoms with Crippen molar-refractivity contribution in [1.29, 1.82) is 0 Å². The van der Waals surface area contributed by atoms with Crippen LogP contribution in [0.15, 0.2) is 12.1 Å². The monoisotopic (exact) mass is 306 g/mol. The number of benzene rings is 1. The minimum atomic E-state index is -1.37. The number of carbonyl (C=O) groups excluding carboxylic acids is 1. The van der Waals surface area contributed by atoms with Crippen molar-refractivity contribution in [3.8, 4) is 0 Å². The number of alkyl halides is 1. The van der Waals surface area contributed by atoms with Crippen molar-refractivity contribution in [2.45, 2.75) is 25.8 Å². The molecule has 1 N–H and O–H groups in total. The van der Waals surface area contributed by atoms with Gasteiger partial charge >= 0.3 is 0 Å². The molecular weight excluding hydrogens is 294 g/mol. The summed E-state index contributed by atoms with van der Waals surface area (Å²) >= 11 is 5.51. The third-order valence-corrected chi connectivity index (χ3v) is 2.90. The SMILES string of the molecule is CC(CCCCl)NC(=O)c1cc(F)c(F)cc1[N+](=O)[O-]. The van der Waals surface area contributed by atoms with Crippen LogP contribution in [0.3, 0.4) is 0 Å². The maximum atomic E-state index is 13.1. The maximum Gasteiger partial charge on any atom is 0.285 e. The van der Waals surface area contributed by atoms with E-state index < -0.39 is 33.7 Å². The number of amides is 1. The van der Waals surface area contributed by atoms with Crippen LogP contribution >= 0.6 is 11.6 Å². The number of halogens is 3. The molecule has 1 aromatic carbocycles. The molecule has 1 amide bonds. The Balaban J connectivity index is 2.97. The Labute approximate surface area is 119 Å². The number of nitrogens with zero attached hydrogens (tertiary/aromatic N) is 1. The molecule has 8 heteroatoms. The van der Waals surface area contributed by atoms with Gasteiger partial charge in [-0.05, 0) is 25.8 Å². The highest BCUT2D eigenvalue weighted by Gasteiger charge is 2.24. The Morgan fingerprint density at radius 1 is 1.45 bits per heavy atom. The molecule has 5 nitrogen and oxygen atoms in total. The van der Waals surface area contributed by atoms with E-state index in [-0.39, 0.29) is 6.04 Å². The van der Waals surface area contributed by atoms with Gasteiger partial charge in [0.2, 0.25) is 0 Å². The summed E-state index contributed by atoms with van der Waals surface area (Å²) in [6.45, 7) is 1.69. The van der Waals surface area contributed by atoms with Crippen LogP contribution in [0.4, 0.5) is 14.5 Å². The quantitative estimate of drug-likeness (QED) is 0.499. The fraction of sp³-hybridized carbons (Fsp3) is 0.417. The van der Waals surface area contributed by atoms with E-state index >= 15 is 0 Å². The molecular formula is C12H13ClF2N2O3. The Kier molecular flexibility index (Phi) is 5.82. The van der Waals surface area contributed by atoms with Gasteiger partial charge in [-0.15, -0.1) is 11.6 Å². The summed E-state index contributed by atoms with van der Waals surface area (Å²) in [7, 11) is 0. The van der Waals surface area contributed by atoms with Gasteiger partial charge < -0.3 is 5.32 Å². The number of carbonyl (C=O) groups is 1. The van der Waals surface area contributed by atoms with Gasteiger partial charge in [0.05, 0.1) is 11.0 Å². The predicted molar refractivity (Wildman–Crippen MR) is 69.9 cm³/mol. The first kappa shape index (κ1) is 16.3. The predicted octanol–water partition coefficient (Wildman–Crippen LogP) is 3.01. The van der Waals surface area contributed by atoms with Crippen LogP contribution in [0.1, 0.15) is 30.1 Å². The van der Waals surface area contributed by atoms with Gasteiger partial charge in [-0.2, -0.15) is 0 Å². The number of hydrogen-bond donors (Lipinski definition) is 1. The molecule has 0 saturated carbocycles. The fourth-order valence-electron chi connectivity index (χ4n) is 1.63. The molecule has 0 radical (unpaired) electrons. The minimum Gasteiger partial charge on any atom is -0.349 e. The lowest BCUT2D eigenvalue weighted by molar-refractivity contribution is -0.385. The van der Waals surface area contributed by atoms with Gasteiger partial charge in [-0.3, -0.25) is 14.9 Å². The largest absolute Gasteiger partial charge is 0.349 e. The summed E-state index contributed by atoms with van der Waals surface area (Å²) in [5, 5.41) is 13.2. The summed E-state index contributed by atoms with van der Waals surface area (Å²) in [5.41, 5.74) is -1.28. The Morgan fingerprint density at radius 3 is 2.60 bits per heavy atom. The molecule has 1 aromatic rings. The first-order valence-corrected chi connectivity index (χ1v) is 6.40. The number of nitro groups is 1. The summed E-state index contributed by atoms with van der Waals surface area (Å²) in [6, 6.07) is 0.638. The molecule has 20 heavy (non-hydrogen) atoms.